The second kappa shape index (κ2) is 9.72. The van der Waals surface area contributed by atoms with Crippen LogP contribution < -0.4 is 16.0 Å². The molecule has 3 N–H and O–H groups in total. The predicted molar refractivity (Wildman–Crippen MR) is 92.3 cm³/mol. The number of rotatable bonds is 5. The van der Waals surface area contributed by atoms with Crippen LogP contribution in [-0.4, -0.2) is 44.2 Å². The van der Waals surface area contributed by atoms with Crippen LogP contribution in [0.1, 0.15) is 12.0 Å². The normalized spacial score (nSPS) is 17.0. The van der Waals surface area contributed by atoms with Crippen molar-refractivity contribution < 1.29 is 14.3 Å². The highest BCUT2D eigenvalue weighted by molar-refractivity contribution is 6.31. The Kier molecular flexibility index (Phi) is 8.33. The van der Waals surface area contributed by atoms with Gasteiger partial charge in [-0.3, -0.25) is 9.59 Å². The zero-order chi connectivity index (χ0) is 15.9. The number of morpholine rings is 1. The number of carbonyl (C=O) groups excluding carboxylic acids is 2. The summed E-state index contributed by atoms with van der Waals surface area (Å²) in [5.74, 6) is -0.368. The van der Waals surface area contributed by atoms with E-state index in [4.69, 9.17) is 16.3 Å². The molecule has 1 fully saturated rings. The van der Waals surface area contributed by atoms with Gasteiger partial charge in [0.15, 0.2) is 0 Å². The Balaban J connectivity index is 0.00000264. The summed E-state index contributed by atoms with van der Waals surface area (Å²) in [6.07, 6.45) is -0.287. The molecule has 0 aromatic heterocycles. The van der Waals surface area contributed by atoms with E-state index in [2.05, 4.69) is 16.0 Å². The van der Waals surface area contributed by atoms with Crippen LogP contribution in [0.4, 0.5) is 5.69 Å². The number of hydrogen-bond donors (Lipinski definition) is 3. The third-order valence-corrected chi connectivity index (χ3v) is 3.82. The average molecular weight is 362 g/mol. The van der Waals surface area contributed by atoms with E-state index in [1.165, 1.54) is 0 Å². The van der Waals surface area contributed by atoms with Crippen LogP contribution in [-0.2, 0) is 14.3 Å². The van der Waals surface area contributed by atoms with Crippen LogP contribution in [0.3, 0.4) is 0 Å². The predicted octanol–water partition coefficient (Wildman–Crippen LogP) is 1.50. The molecule has 2 amide bonds. The van der Waals surface area contributed by atoms with Crippen molar-refractivity contribution >= 4 is 41.5 Å². The molecule has 1 aliphatic rings. The minimum atomic E-state index is -0.480. The molecule has 128 valence electrons. The second-order valence-corrected chi connectivity index (χ2v) is 5.47. The second-order valence-electron chi connectivity index (χ2n) is 5.07. The zero-order valence-corrected chi connectivity index (χ0v) is 14.4. The minimum Gasteiger partial charge on any atom is -0.366 e. The average Bonchev–Trinajstić information content (AvgIpc) is 2.52. The molecule has 0 saturated carbocycles. The van der Waals surface area contributed by atoms with E-state index in [1.807, 2.05) is 6.92 Å². The first-order valence-electron chi connectivity index (χ1n) is 7.23. The minimum absolute atomic E-state index is 0. The molecule has 6 nitrogen and oxygen atoms in total. The fraction of sp³-hybridized carbons (Fsp3) is 0.467. The van der Waals surface area contributed by atoms with Gasteiger partial charge in [-0.25, -0.2) is 0 Å². The monoisotopic (exact) mass is 361 g/mol. The highest BCUT2D eigenvalue weighted by Crippen LogP contribution is 2.22. The Bertz CT molecular complexity index is 549. The molecule has 1 aromatic carbocycles. The third-order valence-electron chi connectivity index (χ3n) is 3.41. The van der Waals surface area contributed by atoms with Crippen LogP contribution >= 0.6 is 24.0 Å². The molecule has 0 bridgehead atoms. The molecule has 1 atom stereocenters. The summed E-state index contributed by atoms with van der Waals surface area (Å²) in [4.78, 5) is 23.7. The van der Waals surface area contributed by atoms with Gasteiger partial charge in [0.2, 0.25) is 11.8 Å². The van der Waals surface area contributed by atoms with Gasteiger partial charge in [0.05, 0.1) is 6.61 Å². The van der Waals surface area contributed by atoms with Crippen LogP contribution in [0.2, 0.25) is 5.02 Å². The standard InChI is InChI=1S/C15H20ClN3O3.ClH/c1-10-11(16)3-2-4-12(10)19-14(20)5-6-18-15(21)13-9-17-7-8-22-13;/h2-4,13,17H,5-9H2,1H3,(H,18,21)(H,19,20);1H. The molecule has 0 radical (unpaired) electrons. The summed E-state index contributed by atoms with van der Waals surface area (Å²) < 4.78 is 5.33. The molecule has 1 heterocycles. The lowest BCUT2D eigenvalue weighted by Gasteiger charge is -2.22. The topological polar surface area (TPSA) is 79.5 Å². The van der Waals surface area contributed by atoms with Crippen molar-refractivity contribution in [3.8, 4) is 0 Å². The number of benzene rings is 1. The van der Waals surface area contributed by atoms with Crippen molar-refractivity contribution in [1.29, 1.82) is 0 Å². The van der Waals surface area contributed by atoms with E-state index in [9.17, 15) is 9.59 Å². The van der Waals surface area contributed by atoms with Gasteiger partial charge in [-0.15, -0.1) is 12.4 Å². The molecule has 0 aliphatic carbocycles. The molecule has 2 rings (SSSR count). The maximum atomic E-state index is 11.9. The summed E-state index contributed by atoms with van der Waals surface area (Å²) in [6, 6.07) is 5.34. The van der Waals surface area contributed by atoms with Crippen LogP contribution in [0.5, 0.6) is 0 Å². The summed E-state index contributed by atoms with van der Waals surface area (Å²) in [7, 11) is 0. The lowest BCUT2D eigenvalue weighted by atomic mass is 10.2. The van der Waals surface area contributed by atoms with Crippen molar-refractivity contribution in [2.75, 3.05) is 31.6 Å². The highest BCUT2D eigenvalue weighted by atomic mass is 35.5. The SMILES string of the molecule is Cc1c(Cl)cccc1NC(=O)CCNC(=O)C1CNCCO1.Cl. The van der Waals surface area contributed by atoms with E-state index in [1.54, 1.807) is 18.2 Å². The number of ether oxygens (including phenoxy) is 1. The van der Waals surface area contributed by atoms with Crippen molar-refractivity contribution in [3.63, 3.8) is 0 Å². The largest absolute Gasteiger partial charge is 0.366 e. The number of halogens is 2. The first-order valence-corrected chi connectivity index (χ1v) is 7.60. The van der Waals surface area contributed by atoms with Crippen LogP contribution in [0.25, 0.3) is 0 Å². The van der Waals surface area contributed by atoms with E-state index in [-0.39, 0.29) is 37.2 Å². The first-order chi connectivity index (χ1) is 10.6. The first kappa shape index (κ1) is 19.7. The lowest BCUT2D eigenvalue weighted by molar-refractivity contribution is -0.134. The third kappa shape index (κ3) is 5.99. The van der Waals surface area contributed by atoms with Crippen molar-refractivity contribution in [2.45, 2.75) is 19.4 Å². The molecule has 0 spiro atoms. The van der Waals surface area contributed by atoms with Gasteiger partial charge in [-0.05, 0) is 24.6 Å². The Morgan fingerprint density at radius 2 is 2.22 bits per heavy atom. The van der Waals surface area contributed by atoms with Gasteiger partial charge in [0, 0.05) is 36.8 Å². The zero-order valence-electron chi connectivity index (χ0n) is 12.9. The van der Waals surface area contributed by atoms with E-state index >= 15 is 0 Å². The molecule has 1 aliphatic heterocycles. The van der Waals surface area contributed by atoms with E-state index in [0.717, 1.165) is 12.1 Å². The fourth-order valence-electron chi connectivity index (χ4n) is 2.10. The van der Waals surface area contributed by atoms with Crippen molar-refractivity contribution in [3.05, 3.63) is 28.8 Å². The smallest absolute Gasteiger partial charge is 0.250 e. The molecule has 1 unspecified atom stereocenters. The molecule has 23 heavy (non-hydrogen) atoms. The molecular formula is C15H21Cl2N3O3. The number of anilines is 1. The summed E-state index contributed by atoms with van der Waals surface area (Å²) >= 11 is 6.00. The van der Waals surface area contributed by atoms with Gasteiger partial charge in [0.1, 0.15) is 6.10 Å². The Hall–Kier alpha value is -1.34. The Morgan fingerprint density at radius 1 is 1.43 bits per heavy atom. The van der Waals surface area contributed by atoms with Gasteiger partial charge in [0.25, 0.3) is 0 Å². The fourth-order valence-corrected chi connectivity index (χ4v) is 2.28. The van der Waals surface area contributed by atoms with Crippen LogP contribution in [0.15, 0.2) is 18.2 Å². The summed E-state index contributed by atoms with van der Waals surface area (Å²) in [6.45, 7) is 3.88. The Morgan fingerprint density at radius 3 is 2.91 bits per heavy atom. The van der Waals surface area contributed by atoms with Gasteiger partial charge in [-0.1, -0.05) is 17.7 Å². The van der Waals surface area contributed by atoms with Crippen molar-refractivity contribution in [2.24, 2.45) is 0 Å². The number of hydrogen-bond acceptors (Lipinski definition) is 4. The number of carbonyl (C=O) groups is 2. The van der Waals surface area contributed by atoms with Gasteiger partial charge in [-0.2, -0.15) is 0 Å². The molecule has 8 heteroatoms. The van der Waals surface area contributed by atoms with E-state index in [0.29, 0.717) is 23.9 Å². The van der Waals surface area contributed by atoms with Crippen LogP contribution in [0, 0.1) is 6.92 Å². The lowest BCUT2D eigenvalue weighted by Crippen LogP contribution is -2.48. The Labute approximate surface area is 146 Å². The summed E-state index contributed by atoms with van der Waals surface area (Å²) in [5, 5.41) is 9.18. The van der Waals surface area contributed by atoms with Crippen molar-refractivity contribution in [1.82, 2.24) is 10.6 Å². The maximum Gasteiger partial charge on any atom is 0.250 e. The number of amides is 2. The quantitative estimate of drug-likeness (QED) is 0.742. The summed E-state index contributed by atoms with van der Waals surface area (Å²) in [5.41, 5.74) is 1.51. The van der Waals surface area contributed by atoms with E-state index < -0.39 is 6.10 Å². The maximum absolute atomic E-state index is 11.9. The van der Waals surface area contributed by atoms with Gasteiger partial charge >= 0.3 is 0 Å². The molecule has 1 saturated heterocycles. The highest BCUT2D eigenvalue weighted by Gasteiger charge is 2.21. The number of nitrogens with one attached hydrogen (secondary N) is 3. The molecule has 1 aromatic rings. The van der Waals surface area contributed by atoms with Gasteiger partial charge < -0.3 is 20.7 Å². The molecular weight excluding hydrogens is 341 g/mol.